The molecule has 6 rings (SSSR count). The van der Waals surface area contributed by atoms with E-state index in [1.165, 1.54) is 11.4 Å². The van der Waals surface area contributed by atoms with Crippen LogP contribution >= 0.6 is 0 Å². The number of hydrogen-bond donors (Lipinski definition) is 1. The van der Waals surface area contributed by atoms with Crippen LogP contribution in [0.25, 0.3) is 0 Å². The summed E-state index contributed by atoms with van der Waals surface area (Å²) in [6.07, 6.45) is 2.25. The lowest BCUT2D eigenvalue weighted by Gasteiger charge is -2.40. The highest BCUT2D eigenvalue weighted by molar-refractivity contribution is 6.23. The molecule has 1 unspecified atom stereocenters. The Hall–Kier alpha value is -4.30. The quantitative estimate of drug-likeness (QED) is 0.494. The SMILES string of the molecule is O=C1CCC(N2C(=O)c3ccc(CN4CCC(N(c5ccccc5)c5ccccc5)CC4)cc3C2=O)C(=O)N1. The first kappa shape index (κ1) is 25.0. The number of carbonyl (C=O) groups excluding carboxylic acids is 4. The molecule has 1 N–H and O–H groups in total. The third-order valence-corrected chi connectivity index (χ3v) is 7.90. The van der Waals surface area contributed by atoms with Crippen LogP contribution in [0.2, 0.25) is 0 Å². The second-order valence-electron chi connectivity index (χ2n) is 10.4. The molecule has 3 heterocycles. The fraction of sp³-hybridized carbons (Fsp3) is 0.290. The van der Waals surface area contributed by atoms with Crippen molar-refractivity contribution in [1.82, 2.24) is 15.1 Å². The van der Waals surface area contributed by atoms with Gasteiger partial charge >= 0.3 is 0 Å². The molecule has 4 amide bonds. The number of nitrogens with one attached hydrogen (secondary N) is 1. The molecule has 2 saturated heterocycles. The Balaban J connectivity index is 1.14. The number of para-hydroxylation sites is 2. The number of carbonyl (C=O) groups is 4. The maximum Gasteiger partial charge on any atom is 0.262 e. The van der Waals surface area contributed by atoms with Crippen molar-refractivity contribution in [2.75, 3.05) is 18.0 Å². The Morgan fingerprint density at radius 2 is 1.36 bits per heavy atom. The number of rotatable bonds is 6. The van der Waals surface area contributed by atoms with Gasteiger partial charge in [0.1, 0.15) is 6.04 Å². The lowest BCUT2D eigenvalue weighted by molar-refractivity contribution is -0.136. The molecule has 3 aromatic carbocycles. The van der Waals surface area contributed by atoms with E-state index < -0.39 is 23.8 Å². The molecule has 1 atom stereocenters. The van der Waals surface area contributed by atoms with Gasteiger partial charge in [0.2, 0.25) is 11.8 Å². The summed E-state index contributed by atoms with van der Waals surface area (Å²) >= 11 is 0. The number of hydrogen-bond acceptors (Lipinski definition) is 6. The number of piperidine rings is 2. The van der Waals surface area contributed by atoms with Crippen molar-refractivity contribution in [2.45, 2.75) is 44.3 Å². The molecule has 3 aliphatic heterocycles. The number of fused-ring (bicyclic) bond motifs is 1. The van der Waals surface area contributed by atoms with Gasteiger partial charge in [-0.2, -0.15) is 0 Å². The minimum atomic E-state index is -0.949. The third kappa shape index (κ3) is 4.83. The molecule has 3 aliphatic rings. The molecule has 0 radical (unpaired) electrons. The van der Waals surface area contributed by atoms with Gasteiger partial charge in [0.15, 0.2) is 0 Å². The van der Waals surface area contributed by atoms with Gasteiger partial charge in [0.05, 0.1) is 11.1 Å². The number of nitrogens with zero attached hydrogens (tertiary/aromatic N) is 3. The van der Waals surface area contributed by atoms with Gasteiger partial charge in [0, 0.05) is 43.5 Å². The molecule has 0 saturated carbocycles. The second-order valence-corrected chi connectivity index (χ2v) is 10.4. The molecule has 2 fully saturated rings. The number of anilines is 2. The first-order valence-electron chi connectivity index (χ1n) is 13.5. The summed E-state index contributed by atoms with van der Waals surface area (Å²) in [5.41, 5.74) is 3.97. The predicted molar refractivity (Wildman–Crippen MR) is 146 cm³/mol. The van der Waals surface area contributed by atoms with Crippen LogP contribution in [-0.2, 0) is 16.1 Å². The van der Waals surface area contributed by atoms with Crippen LogP contribution in [0, 0.1) is 0 Å². The van der Waals surface area contributed by atoms with E-state index in [-0.39, 0.29) is 18.7 Å². The van der Waals surface area contributed by atoms with E-state index >= 15 is 0 Å². The summed E-state index contributed by atoms with van der Waals surface area (Å²) in [7, 11) is 0. The normalized spacial score (nSPS) is 20.2. The van der Waals surface area contributed by atoms with Gasteiger partial charge in [-0.05, 0) is 61.2 Å². The molecule has 39 heavy (non-hydrogen) atoms. The molecule has 0 aromatic heterocycles. The minimum Gasteiger partial charge on any atom is -0.338 e. The smallest absolute Gasteiger partial charge is 0.262 e. The summed E-state index contributed by atoms with van der Waals surface area (Å²) in [6.45, 7) is 2.50. The van der Waals surface area contributed by atoms with E-state index in [1.807, 2.05) is 18.2 Å². The average Bonchev–Trinajstić information content (AvgIpc) is 3.20. The Bertz CT molecular complexity index is 1380. The number of amides is 4. The van der Waals surface area contributed by atoms with Gasteiger partial charge in [-0.25, -0.2) is 0 Å². The molecule has 0 spiro atoms. The number of benzene rings is 3. The highest BCUT2D eigenvalue weighted by Crippen LogP contribution is 2.33. The zero-order valence-electron chi connectivity index (χ0n) is 21.6. The summed E-state index contributed by atoms with van der Waals surface area (Å²) in [5, 5.41) is 2.24. The molecule has 198 valence electrons. The van der Waals surface area contributed by atoms with Crippen LogP contribution in [0.3, 0.4) is 0 Å². The Morgan fingerprint density at radius 3 is 1.97 bits per heavy atom. The van der Waals surface area contributed by atoms with Gasteiger partial charge in [-0.3, -0.25) is 34.3 Å². The highest BCUT2D eigenvalue weighted by Gasteiger charge is 2.44. The molecular weight excluding hydrogens is 492 g/mol. The van der Waals surface area contributed by atoms with E-state index in [0.717, 1.165) is 36.4 Å². The zero-order chi connectivity index (χ0) is 26.9. The van der Waals surface area contributed by atoms with Crippen molar-refractivity contribution in [3.63, 3.8) is 0 Å². The lowest BCUT2D eigenvalue weighted by Crippen LogP contribution is -2.54. The van der Waals surface area contributed by atoms with Crippen molar-refractivity contribution in [3.8, 4) is 0 Å². The highest BCUT2D eigenvalue weighted by atomic mass is 16.2. The number of imide groups is 2. The van der Waals surface area contributed by atoms with Crippen LogP contribution in [-0.4, -0.2) is 58.6 Å². The first-order chi connectivity index (χ1) is 19.0. The number of likely N-dealkylation sites (tertiary alicyclic amines) is 1. The first-order valence-corrected chi connectivity index (χ1v) is 13.5. The van der Waals surface area contributed by atoms with E-state index in [2.05, 4.69) is 63.6 Å². The predicted octanol–water partition coefficient (Wildman–Crippen LogP) is 3.89. The van der Waals surface area contributed by atoms with Gasteiger partial charge in [-0.1, -0.05) is 42.5 Å². The van der Waals surface area contributed by atoms with Crippen LogP contribution in [0.15, 0.2) is 78.9 Å². The van der Waals surface area contributed by atoms with Crippen LogP contribution in [0.1, 0.15) is 52.0 Å². The Morgan fingerprint density at radius 1 is 0.744 bits per heavy atom. The third-order valence-electron chi connectivity index (χ3n) is 7.90. The standard InChI is InChI=1S/C31H30N4O4/c36-28-14-13-27(29(37)32-28)35-30(38)25-12-11-21(19-26(25)31(35)39)20-33-17-15-24(16-18-33)34(22-7-3-1-4-8-22)23-9-5-2-6-10-23/h1-12,19,24,27H,13-18,20H2,(H,32,36,37). The molecular formula is C31H30N4O4. The summed E-state index contributed by atoms with van der Waals surface area (Å²) in [4.78, 5) is 55.9. The molecule has 8 heteroatoms. The molecule has 0 aliphatic carbocycles. The lowest BCUT2D eigenvalue weighted by atomic mass is 9.99. The van der Waals surface area contributed by atoms with E-state index in [0.29, 0.717) is 23.7 Å². The van der Waals surface area contributed by atoms with Gasteiger partial charge < -0.3 is 4.90 Å². The van der Waals surface area contributed by atoms with Crippen molar-refractivity contribution >= 4 is 35.0 Å². The summed E-state index contributed by atoms with van der Waals surface area (Å²) in [5.74, 6) is -1.91. The largest absolute Gasteiger partial charge is 0.338 e. The topological polar surface area (TPSA) is 90.0 Å². The second kappa shape index (κ2) is 10.5. The van der Waals surface area contributed by atoms with Crippen LogP contribution in [0.4, 0.5) is 11.4 Å². The van der Waals surface area contributed by atoms with Crippen molar-refractivity contribution in [1.29, 1.82) is 0 Å². The van der Waals surface area contributed by atoms with Crippen LogP contribution in [0.5, 0.6) is 0 Å². The van der Waals surface area contributed by atoms with Crippen molar-refractivity contribution in [3.05, 3.63) is 95.6 Å². The average molecular weight is 523 g/mol. The fourth-order valence-electron chi connectivity index (χ4n) is 5.96. The Kier molecular flexibility index (Phi) is 6.70. The van der Waals surface area contributed by atoms with E-state index in [1.54, 1.807) is 12.1 Å². The van der Waals surface area contributed by atoms with E-state index in [9.17, 15) is 19.2 Å². The van der Waals surface area contributed by atoms with E-state index in [4.69, 9.17) is 0 Å². The molecule has 3 aromatic rings. The van der Waals surface area contributed by atoms with Gasteiger partial charge in [0.25, 0.3) is 11.8 Å². The maximum atomic E-state index is 13.2. The molecule has 8 nitrogen and oxygen atoms in total. The monoisotopic (exact) mass is 522 g/mol. The fourth-order valence-corrected chi connectivity index (χ4v) is 5.96. The van der Waals surface area contributed by atoms with Crippen molar-refractivity contribution in [2.24, 2.45) is 0 Å². The summed E-state index contributed by atoms with van der Waals surface area (Å²) in [6, 6.07) is 25.8. The molecule has 0 bridgehead atoms. The zero-order valence-corrected chi connectivity index (χ0v) is 21.6. The maximum absolute atomic E-state index is 13.2. The summed E-state index contributed by atoms with van der Waals surface area (Å²) < 4.78 is 0. The van der Waals surface area contributed by atoms with Crippen molar-refractivity contribution < 1.29 is 19.2 Å². The Labute approximate surface area is 227 Å². The van der Waals surface area contributed by atoms with Gasteiger partial charge in [-0.15, -0.1) is 0 Å². The van der Waals surface area contributed by atoms with Crippen LogP contribution < -0.4 is 10.2 Å². The minimum absolute atomic E-state index is 0.108.